The van der Waals surface area contributed by atoms with E-state index in [-0.39, 0.29) is 12.3 Å². The minimum atomic E-state index is -0.661. The number of fused-ring (bicyclic) bond motifs is 3. The molecule has 0 saturated heterocycles. The van der Waals surface area contributed by atoms with E-state index in [1.54, 1.807) is 17.8 Å². The zero-order valence-corrected chi connectivity index (χ0v) is 15.1. The molecule has 2 aromatic heterocycles. The molecule has 0 bridgehead atoms. The Balaban J connectivity index is 2.06. The maximum absolute atomic E-state index is 13.6. The Kier molecular flexibility index (Phi) is 4.35. The molecule has 1 aromatic carbocycles. The van der Waals surface area contributed by atoms with Gasteiger partial charge in [0.2, 0.25) is 0 Å². The number of pyridine rings is 1. The summed E-state index contributed by atoms with van der Waals surface area (Å²) >= 11 is 0. The van der Waals surface area contributed by atoms with Crippen LogP contribution in [0.4, 0.5) is 4.39 Å². The van der Waals surface area contributed by atoms with Gasteiger partial charge >= 0.3 is 0 Å². The highest BCUT2D eigenvalue weighted by molar-refractivity contribution is 8.32. The van der Waals surface area contributed by atoms with E-state index in [0.717, 1.165) is 5.75 Å². The largest absolute Gasteiger partial charge is 0.360 e. The molecule has 0 N–H and O–H groups in total. The Labute approximate surface area is 140 Å². The summed E-state index contributed by atoms with van der Waals surface area (Å²) in [5, 5.41) is 9.03. The van der Waals surface area contributed by atoms with Gasteiger partial charge in [0.05, 0.1) is 12.0 Å². The SMILES string of the molecule is Cn1nnc2c1c1ccc(F)cc1c(=O)n2COCCS(C)(C)C. The van der Waals surface area contributed by atoms with Crippen LogP contribution >= 0.6 is 10.0 Å². The van der Waals surface area contributed by atoms with Crippen molar-refractivity contribution in [1.82, 2.24) is 19.6 Å². The summed E-state index contributed by atoms with van der Waals surface area (Å²) in [5.74, 6) is 0.506. The van der Waals surface area contributed by atoms with Crippen molar-refractivity contribution < 1.29 is 9.13 Å². The van der Waals surface area contributed by atoms with Gasteiger partial charge in [0.1, 0.15) is 18.1 Å². The van der Waals surface area contributed by atoms with Gasteiger partial charge in [0.25, 0.3) is 5.56 Å². The Morgan fingerprint density at radius 1 is 1.25 bits per heavy atom. The molecule has 0 fully saturated rings. The summed E-state index contributed by atoms with van der Waals surface area (Å²) in [7, 11) is 1.09. The lowest BCUT2D eigenvalue weighted by Crippen LogP contribution is -2.23. The van der Waals surface area contributed by atoms with E-state index in [9.17, 15) is 9.18 Å². The van der Waals surface area contributed by atoms with Crippen molar-refractivity contribution in [3.05, 3.63) is 34.4 Å². The first kappa shape index (κ1) is 16.9. The van der Waals surface area contributed by atoms with Gasteiger partial charge in [-0.25, -0.2) is 19.1 Å². The van der Waals surface area contributed by atoms with Gasteiger partial charge < -0.3 is 4.74 Å². The smallest absolute Gasteiger partial charge is 0.262 e. The third-order valence-electron chi connectivity index (χ3n) is 3.84. The maximum atomic E-state index is 13.6. The molecule has 3 aromatic rings. The summed E-state index contributed by atoms with van der Waals surface area (Å²) in [6, 6.07) is 4.17. The first-order valence-electron chi connectivity index (χ1n) is 7.53. The van der Waals surface area contributed by atoms with E-state index in [1.165, 1.54) is 16.7 Å². The molecule has 0 unspecified atom stereocenters. The summed E-state index contributed by atoms with van der Waals surface area (Å²) < 4.78 is 22.3. The zero-order valence-electron chi connectivity index (χ0n) is 14.2. The van der Waals surface area contributed by atoms with E-state index in [2.05, 4.69) is 29.1 Å². The summed E-state index contributed by atoms with van der Waals surface area (Å²) in [6.45, 7) is 0.643. The van der Waals surface area contributed by atoms with Crippen LogP contribution in [0.5, 0.6) is 0 Å². The van der Waals surface area contributed by atoms with Crippen LogP contribution in [-0.2, 0) is 18.5 Å². The minimum Gasteiger partial charge on any atom is -0.360 e. The molecule has 0 spiro atoms. The fourth-order valence-corrected chi connectivity index (χ4v) is 3.17. The van der Waals surface area contributed by atoms with Crippen LogP contribution in [0.3, 0.4) is 0 Å². The minimum absolute atomic E-state index is 0.0794. The molecular weight excluding hydrogens is 331 g/mol. The Morgan fingerprint density at radius 2 is 2.00 bits per heavy atom. The molecule has 130 valence electrons. The number of aromatic nitrogens is 4. The number of aryl methyl sites for hydroxylation is 1. The van der Waals surface area contributed by atoms with Gasteiger partial charge in [0.15, 0.2) is 5.65 Å². The van der Waals surface area contributed by atoms with E-state index in [0.29, 0.717) is 28.5 Å². The predicted molar refractivity (Wildman–Crippen MR) is 96.4 cm³/mol. The molecule has 3 rings (SSSR count). The lowest BCUT2D eigenvalue weighted by atomic mass is 10.1. The molecule has 0 amide bonds. The monoisotopic (exact) mass is 352 g/mol. The van der Waals surface area contributed by atoms with E-state index in [1.807, 2.05) is 0 Å². The average Bonchev–Trinajstić information content (AvgIpc) is 2.87. The molecule has 0 atom stereocenters. The second-order valence-corrected chi connectivity index (χ2v) is 11.2. The Morgan fingerprint density at radius 3 is 2.71 bits per heavy atom. The van der Waals surface area contributed by atoms with Crippen molar-refractivity contribution in [3.63, 3.8) is 0 Å². The van der Waals surface area contributed by atoms with Crippen LogP contribution in [0.1, 0.15) is 0 Å². The van der Waals surface area contributed by atoms with Crippen LogP contribution in [0, 0.1) is 5.82 Å². The molecular formula is C16H21FN4O2S. The predicted octanol–water partition coefficient (Wildman–Crippen LogP) is 2.09. The maximum Gasteiger partial charge on any atom is 0.262 e. The number of ether oxygens (including phenoxy) is 1. The third kappa shape index (κ3) is 3.16. The van der Waals surface area contributed by atoms with Crippen molar-refractivity contribution in [1.29, 1.82) is 0 Å². The second kappa shape index (κ2) is 6.18. The van der Waals surface area contributed by atoms with Crippen molar-refractivity contribution in [2.45, 2.75) is 6.73 Å². The number of hydrogen-bond donors (Lipinski definition) is 0. The first-order valence-corrected chi connectivity index (χ1v) is 10.6. The van der Waals surface area contributed by atoms with Gasteiger partial charge in [-0.05, 0) is 37.0 Å². The van der Waals surface area contributed by atoms with Crippen LogP contribution in [0.25, 0.3) is 21.9 Å². The van der Waals surface area contributed by atoms with Gasteiger partial charge in [-0.2, -0.15) is 0 Å². The Hall–Kier alpha value is -1.93. The van der Waals surface area contributed by atoms with Gasteiger partial charge in [-0.3, -0.25) is 9.36 Å². The lowest BCUT2D eigenvalue weighted by molar-refractivity contribution is 0.0902. The highest BCUT2D eigenvalue weighted by Crippen LogP contribution is 2.33. The van der Waals surface area contributed by atoms with Crippen molar-refractivity contribution in [3.8, 4) is 0 Å². The highest BCUT2D eigenvalue weighted by Gasteiger charge is 2.16. The third-order valence-corrected chi connectivity index (χ3v) is 5.23. The van der Waals surface area contributed by atoms with E-state index < -0.39 is 15.8 Å². The van der Waals surface area contributed by atoms with Crippen molar-refractivity contribution >= 4 is 32.0 Å². The molecule has 0 aliphatic rings. The molecule has 8 heteroatoms. The lowest BCUT2D eigenvalue weighted by Gasteiger charge is -2.24. The number of benzene rings is 1. The number of rotatable bonds is 5. The Bertz CT molecular complexity index is 958. The fourth-order valence-electron chi connectivity index (χ4n) is 2.55. The average molecular weight is 352 g/mol. The van der Waals surface area contributed by atoms with Gasteiger partial charge in [0, 0.05) is 18.2 Å². The zero-order chi connectivity index (χ0) is 17.5. The standard InChI is InChI=1S/C16H21FN4O2S/c1-20-14-12-6-5-11(17)9-13(12)16(22)21(15(14)18-19-20)10-23-7-8-24(2,3)4/h5-6,9H,7-8,10H2,1-4H3. The van der Waals surface area contributed by atoms with Gasteiger partial charge in [-0.1, -0.05) is 5.21 Å². The first-order chi connectivity index (χ1) is 11.3. The molecule has 0 aliphatic carbocycles. The number of hydrogen-bond acceptors (Lipinski definition) is 4. The molecule has 6 nitrogen and oxygen atoms in total. The molecule has 24 heavy (non-hydrogen) atoms. The normalized spacial score (nSPS) is 13.0. The summed E-state index contributed by atoms with van der Waals surface area (Å²) in [6.07, 6.45) is 6.63. The molecule has 2 heterocycles. The topological polar surface area (TPSA) is 61.9 Å². The fraction of sp³-hybridized carbons (Fsp3) is 0.438. The molecule has 0 radical (unpaired) electrons. The number of halogens is 1. The van der Waals surface area contributed by atoms with Crippen LogP contribution in [0.2, 0.25) is 0 Å². The van der Waals surface area contributed by atoms with Crippen LogP contribution < -0.4 is 5.56 Å². The van der Waals surface area contributed by atoms with E-state index in [4.69, 9.17) is 4.74 Å². The van der Waals surface area contributed by atoms with Crippen molar-refractivity contribution in [2.24, 2.45) is 7.05 Å². The van der Waals surface area contributed by atoms with E-state index >= 15 is 0 Å². The molecule has 0 aliphatic heterocycles. The number of nitrogens with zero attached hydrogens (tertiary/aromatic N) is 4. The van der Waals surface area contributed by atoms with Gasteiger partial charge in [-0.15, -0.1) is 5.10 Å². The summed E-state index contributed by atoms with van der Waals surface area (Å²) in [5.41, 5.74) is 0.819. The van der Waals surface area contributed by atoms with Crippen LogP contribution in [0.15, 0.2) is 23.0 Å². The second-order valence-electron chi connectivity index (χ2n) is 6.64. The van der Waals surface area contributed by atoms with Crippen molar-refractivity contribution in [2.75, 3.05) is 31.1 Å². The van der Waals surface area contributed by atoms with Crippen LogP contribution in [-0.4, -0.2) is 50.7 Å². The summed E-state index contributed by atoms with van der Waals surface area (Å²) in [4.78, 5) is 12.7. The molecule has 0 saturated carbocycles. The highest BCUT2D eigenvalue weighted by atomic mass is 32.3. The quantitative estimate of drug-likeness (QED) is 0.660.